The summed E-state index contributed by atoms with van der Waals surface area (Å²) < 4.78 is 10.6. The lowest BCUT2D eigenvalue weighted by Gasteiger charge is -2.30. The van der Waals surface area contributed by atoms with Crippen LogP contribution in [0.2, 0.25) is 0 Å². The number of para-hydroxylation sites is 3. The van der Waals surface area contributed by atoms with Crippen LogP contribution in [0.1, 0.15) is 10.4 Å². The molecule has 1 aliphatic rings. The summed E-state index contributed by atoms with van der Waals surface area (Å²) in [6.45, 7) is 2.75. The topological polar surface area (TPSA) is 79.9 Å². The molecule has 0 spiro atoms. The van der Waals surface area contributed by atoms with Crippen LogP contribution in [0, 0.1) is 0 Å². The van der Waals surface area contributed by atoms with E-state index in [0.717, 1.165) is 24.5 Å². The van der Waals surface area contributed by atoms with Crippen molar-refractivity contribution in [3.05, 3.63) is 54.1 Å². The molecule has 0 radical (unpaired) electrons. The van der Waals surface area contributed by atoms with Crippen molar-refractivity contribution in [3.63, 3.8) is 0 Å². The second-order valence-corrected chi connectivity index (χ2v) is 6.05. The first-order chi connectivity index (χ1) is 13.2. The molecule has 0 aromatic heterocycles. The molecule has 1 fully saturated rings. The van der Waals surface area contributed by atoms with Gasteiger partial charge in [0.15, 0.2) is 0 Å². The molecule has 3 rings (SSSR count). The molecule has 0 aliphatic carbocycles. The zero-order valence-corrected chi connectivity index (χ0v) is 15.2. The highest BCUT2D eigenvalue weighted by Gasteiger charge is 2.17. The van der Waals surface area contributed by atoms with Gasteiger partial charge in [0.25, 0.3) is 5.91 Å². The first kappa shape index (κ1) is 18.7. The minimum atomic E-state index is -0.357. The number of carbonyl (C=O) groups excluding carboxylic acids is 2. The molecule has 7 heteroatoms. The van der Waals surface area contributed by atoms with Gasteiger partial charge in [-0.05, 0) is 24.3 Å². The van der Waals surface area contributed by atoms with E-state index in [9.17, 15) is 9.59 Å². The van der Waals surface area contributed by atoms with E-state index in [2.05, 4.69) is 15.5 Å². The quantitative estimate of drug-likeness (QED) is 0.813. The van der Waals surface area contributed by atoms with Crippen molar-refractivity contribution < 1.29 is 19.1 Å². The fraction of sp³-hybridized carbons (Fsp3) is 0.300. The van der Waals surface area contributed by atoms with Crippen LogP contribution < -0.4 is 20.3 Å². The van der Waals surface area contributed by atoms with E-state index in [1.165, 1.54) is 7.11 Å². The Hall–Kier alpha value is -3.06. The Morgan fingerprint density at radius 1 is 1.07 bits per heavy atom. The van der Waals surface area contributed by atoms with Gasteiger partial charge in [-0.15, -0.1) is 0 Å². The average Bonchev–Trinajstić information content (AvgIpc) is 2.73. The summed E-state index contributed by atoms with van der Waals surface area (Å²) in [4.78, 5) is 26.8. The number of hydrogen-bond acceptors (Lipinski definition) is 5. The fourth-order valence-electron chi connectivity index (χ4n) is 2.94. The van der Waals surface area contributed by atoms with Crippen molar-refractivity contribution in [1.82, 2.24) is 5.32 Å². The van der Waals surface area contributed by atoms with Gasteiger partial charge in [0.2, 0.25) is 5.91 Å². The molecule has 1 aliphatic heterocycles. The number of morpholine rings is 1. The molecule has 142 valence electrons. The molecule has 1 saturated heterocycles. The minimum Gasteiger partial charge on any atom is -0.496 e. The van der Waals surface area contributed by atoms with Crippen LogP contribution in [-0.2, 0) is 9.53 Å². The second-order valence-electron chi connectivity index (χ2n) is 6.05. The van der Waals surface area contributed by atoms with Gasteiger partial charge >= 0.3 is 0 Å². The van der Waals surface area contributed by atoms with Crippen LogP contribution in [0.4, 0.5) is 11.4 Å². The number of ether oxygens (including phenoxy) is 2. The molecule has 27 heavy (non-hydrogen) atoms. The van der Waals surface area contributed by atoms with Crippen LogP contribution in [0.15, 0.2) is 48.5 Å². The number of amides is 2. The number of anilines is 2. The van der Waals surface area contributed by atoms with Crippen molar-refractivity contribution in [3.8, 4) is 5.75 Å². The number of hydrogen-bond donors (Lipinski definition) is 2. The lowest BCUT2D eigenvalue weighted by Crippen LogP contribution is -2.37. The Morgan fingerprint density at radius 3 is 2.56 bits per heavy atom. The highest BCUT2D eigenvalue weighted by atomic mass is 16.5. The molecule has 0 saturated carbocycles. The van der Waals surface area contributed by atoms with E-state index < -0.39 is 0 Å². The molecule has 7 nitrogen and oxygen atoms in total. The number of carbonyl (C=O) groups is 2. The highest BCUT2D eigenvalue weighted by molar-refractivity contribution is 6.01. The van der Waals surface area contributed by atoms with Gasteiger partial charge in [0, 0.05) is 13.1 Å². The van der Waals surface area contributed by atoms with Crippen LogP contribution in [0.5, 0.6) is 5.75 Å². The third-order valence-corrected chi connectivity index (χ3v) is 4.29. The van der Waals surface area contributed by atoms with E-state index >= 15 is 0 Å². The number of nitrogens with one attached hydrogen (secondary N) is 2. The lowest BCUT2D eigenvalue weighted by atomic mass is 10.2. The van der Waals surface area contributed by atoms with Crippen LogP contribution in [0.3, 0.4) is 0 Å². The summed E-state index contributed by atoms with van der Waals surface area (Å²) in [6.07, 6.45) is 0. The Labute approximate surface area is 158 Å². The summed E-state index contributed by atoms with van der Waals surface area (Å²) in [5, 5.41) is 5.50. The molecule has 0 bridgehead atoms. The number of benzene rings is 2. The zero-order valence-electron chi connectivity index (χ0n) is 15.2. The maximum atomic E-state index is 12.3. The van der Waals surface area contributed by atoms with Crippen molar-refractivity contribution in [2.24, 2.45) is 0 Å². The largest absolute Gasteiger partial charge is 0.496 e. The van der Waals surface area contributed by atoms with Gasteiger partial charge in [-0.2, -0.15) is 0 Å². The monoisotopic (exact) mass is 369 g/mol. The summed E-state index contributed by atoms with van der Waals surface area (Å²) in [5.41, 5.74) is 2.06. The third-order valence-electron chi connectivity index (χ3n) is 4.29. The third kappa shape index (κ3) is 4.77. The van der Waals surface area contributed by atoms with E-state index in [1.54, 1.807) is 24.3 Å². The maximum Gasteiger partial charge on any atom is 0.255 e. The standard InChI is InChI=1S/C20H23N3O4/c1-26-18-9-5-2-6-15(18)20(25)21-14-19(24)22-16-7-3-4-8-17(16)23-10-12-27-13-11-23/h2-9H,10-14H2,1H3,(H,21,25)(H,22,24). The fourth-order valence-corrected chi connectivity index (χ4v) is 2.94. The summed E-state index contributed by atoms with van der Waals surface area (Å²) in [6, 6.07) is 14.5. The molecule has 0 atom stereocenters. The van der Waals surface area contributed by atoms with Crippen molar-refractivity contribution in [1.29, 1.82) is 0 Å². The van der Waals surface area contributed by atoms with Crippen molar-refractivity contribution in [2.45, 2.75) is 0 Å². The number of rotatable bonds is 6. The Kier molecular flexibility index (Phi) is 6.27. The average molecular weight is 369 g/mol. The normalized spacial score (nSPS) is 13.7. The molecule has 0 unspecified atom stereocenters. The molecular weight excluding hydrogens is 346 g/mol. The van der Waals surface area contributed by atoms with Gasteiger partial charge < -0.3 is 25.0 Å². The second kappa shape index (κ2) is 9.05. The van der Waals surface area contributed by atoms with Gasteiger partial charge in [-0.3, -0.25) is 9.59 Å². The first-order valence-electron chi connectivity index (χ1n) is 8.82. The zero-order chi connectivity index (χ0) is 19.1. The van der Waals surface area contributed by atoms with Gasteiger partial charge in [0.05, 0.1) is 43.8 Å². The predicted octanol–water partition coefficient (Wildman–Crippen LogP) is 1.90. The van der Waals surface area contributed by atoms with Gasteiger partial charge in [-0.25, -0.2) is 0 Å². The molecule has 2 aromatic rings. The number of methoxy groups -OCH3 is 1. The lowest BCUT2D eigenvalue weighted by molar-refractivity contribution is -0.115. The van der Waals surface area contributed by atoms with Crippen LogP contribution >= 0.6 is 0 Å². The molecule has 2 N–H and O–H groups in total. The van der Waals surface area contributed by atoms with Gasteiger partial charge in [-0.1, -0.05) is 24.3 Å². The maximum absolute atomic E-state index is 12.3. The van der Waals surface area contributed by atoms with Crippen LogP contribution in [0.25, 0.3) is 0 Å². The summed E-state index contributed by atoms with van der Waals surface area (Å²) >= 11 is 0. The summed E-state index contributed by atoms with van der Waals surface area (Å²) in [7, 11) is 1.50. The Morgan fingerprint density at radius 2 is 1.78 bits per heavy atom. The molecular formula is C20H23N3O4. The van der Waals surface area contributed by atoms with E-state index in [4.69, 9.17) is 9.47 Å². The molecule has 2 amide bonds. The molecule has 2 aromatic carbocycles. The first-order valence-corrected chi connectivity index (χ1v) is 8.82. The summed E-state index contributed by atoms with van der Waals surface area (Å²) in [5.74, 6) is -0.184. The van der Waals surface area contributed by atoms with E-state index in [1.807, 2.05) is 24.3 Å². The minimum absolute atomic E-state index is 0.131. The van der Waals surface area contributed by atoms with Gasteiger partial charge in [0.1, 0.15) is 5.75 Å². The Bertz CT molecular complexity index is 803. The van der Waals surface area contributed by atoms with Crippen molar-refractivity contribution >= 4 is 23.2 Å². The Balaban J connectivity index is 1.60. The predicted molar refractivity (Wildman–Crippen MR) is 103 cm³/mol. The van der Waals surface area contributed by atoms with Crippen LogP contribution in [-0.4, -0.2) is 51.8 Å². The molecule has 1 heterocycles. The highest BCUT2D eigenvalue weighted by Crippen LogP contribution is 2.26. The SMILES string of the molecule is COc1ccccc1C(=O)NCC(=O)Nc1ccccc1N1CCOCC1. The van der Waals surface area contributed by atoms with E-state index in [-0.39, 0.29) is 18.4 Å². The number of nitrogens with zero attached hydrogens (tertiary/aromatic N) is 1. The van der Waals surface area contributed by atoms with E-state index in [0.29, 0.717) is 24.5 Å². The smallest absolute Gasteiger partial charge is 0.255 e. The van der Waals surface area contributed by atoms with Crippen molar-refractivity contribution in [2.75, 3.05) is 50.2 Å².